The minimum absolute atomic E-state index is 0.380. The van der Waals surface area contributed by atoms with E-state index in [1.165, 1.54) is 6.42 Å². The first-order valence-corrected chi connectivity index (χ1v) is 7.16. The summed E-state index contributed by atoms with van der Waals surface area (Å²) in [7, 11) is 2.03. The van der Waals surface area contributed by atoms with Crippen LogP contribution in [0.25, 0.3) is 0 Å². The normalized spacial score (nSPS) is 24.5. The van der Waals surface area contributed by atoms with Gasteiger partial charge in [0.1, 0.15) is 5.82 Å². The number of rotatable bonds is 5. The van der Waals surface area contributed by atoms with Crippen molar-refractivity contribution in [1.82, 2.24) is 14.7 Å². The first-order valence-electron chi connectivity index (χ1n) is 6.39. The molecule has 1 saturated heterocycles. The van der Waals surface area contributed by atoms with E-state index in [-0.39, 0.29) is 0 Å². The van der Waals surface area contributed by atoms with Gasteiger partial charge in [0.05, 0.1) is 0 Å². The zero-order valence-electron chi connectivity index (χ0n) is 11.0. The fraction of sp³-hybridized carbons (Fsp3) is 0.833. The maximum absolute atomic E-state index is 4.62. The summed E-state index contributed by atoms with van der Waals surface area (Å²) >= 11 is 1.55. The van der Waals surface area contributed by atoms with Crippen LogP contribution in [0.2, 0.25) is 0 Å². The van der Waals surface area contributed by atoms with Gasteiger partial charge in [0, 0.05) is 37.6 Å². The van der Waals surface area contributed by atoms with Crippen molar-refractivity contribution in [3.63, 3.8) is 0 Å². The van der Waals surface area contributed by atoms with Gasteiger partial charge in [0.25, 0.3) is 0 Å². The summed E-state index contributed by atoms with van der Waals surface area (Å²) in [5, 5.41) is 4.39. The molecular formula is C12H22N4S. The van der Waals surface area contributed by atoms with Gasteiger partial charge in [-0.1, -0.05) is 13.8 Å². The van der Waals surface area contributed by atoms with Crippen molar-refractivity contribution >= 4 is 16.7 Å². The second kappa shape index (κ2) is 5.31. The van der Waals surface area contributed by atoms with Crippen LogP contribution >= 0.6 is 11.5 Å². The fourth-order valence-electron chi connectivity index (χ4n) is 2.46. The van der Waals surface area contributed by atoms with Gasteiger partial charge in [-0.25, -0.2) is 4.98 Å². The summed E-state index contributed by atoms with van der Waals surface area (Å²) in [5.41, 5.74) is 0.380. The Balaban J connectivity index is 1.99. The molecule has 1 aromatic heterocycles. The molecule has 0 saturated carbocycles. The van der Waals surface area contributed by atoms with Crippen LogP contribution in [-0.2, 0) is 6.42 Å². The third-order valence-corrected chi connectivity index (χ3v) is 4.18. The van der Waals surface area contributed by atoms with Crippen molar-refractivity contribution in [3.8, 4) is 0 Å². The van der Waals surface area contributed by atoms with Crippen LogP contribution in [0.1, 0.15) is 32.5 Å². The summed E-state index contributed by atoms with van der Waals surface area (Å²) in [6.45, 7) is 7.79. The molecular weight excluding hydrogens is 232 g/mol. The topological polar surface area (TPSA) is 41.1 Å². The Bertz CT molecular complexity index is 365. The van der Waals surface area contributed by atoms with Crippen LogP contribution in [-0.4, -0.2) is 36.0 Å². The highest BCUT2D eigenvalue weighted by Gasteiger charge is 2.34. The van der Waals surface area contributed by atoms with Gasteiger partial charge in [-0.2, -0.15) is 4.37 Å². The Morgan fingerprint density at radius 2 is 2.35 bits per heavy atom. The molecule has 1 aliphatic rings. The average molecular weight is 254 g/mol. The van der Waals surface area contributed by atoms with Crippen LogP contribution in [0.3, 0.4) is 0 Å². The number of anilines is 1. The van der Waals surface area contributed by atoms with E-state index in [4.69, 9.17) is 0 Å². The van der Waals surface area contributed by atoms with Gasteiger partial charge in [-0.05, 0) is 25.3 Å². The number of hydrogen-bond acceptors (Lipinski definition) is 5. The average Bonchev–Trinajstić information content (AvgIpc) is 2.87. The molecule has 96 valence electrons. The Kier molecular flexibility index (Phi) is 3.99. The van der Waals surface area contributed by atoms with Crippen LogP contribution in [0.5, 0.6) is 0 Å². The summed E-state index contributed by atoms with van der Waals surface area (Å²) in [6, 6.07) is 0. The van der Waals surface area contributed by atoms with Crippen LogP contribution in [0.15, 0.2) is 0 Å². The van der Waals surface area contributed by atoms with E-state index in [2.05, 4.69) is 33.4 Å². The predicted molar refractivity (Wildman–Crippen MR) is 72.8 cm³/mol. The quantitative estimate of drug-likeness (QED) is 0.871. The number of nitrogens with zero attached hydrogens (tertiary/aromatic N) is 3. The number of nitrogens with one attached hydrogen (secondary N) is 1. The van der Waals surface area contributed by atoms with Crippen molar-refractivity contribution in [1.29, 1.82) is 0 Å². The van der Waals surface area contributed by atoms with Crippen molar-refractivity contribution < 1.29 is 0 Å². The molecule has 0 radical (unpaired) electrons. The van der Waals surface area contributed by atoms with E-state index in [1.807, 2.05) is 7.05 Å². The molecule has 2 rings (SSSR count). The van der Waals surface area contributed by atoms with Crippen molar-refractivity contribution in [2.45, 2.75) is 33.1 Å². The van der Waals surface area contributed by atoms with E-state index >= 15 is 0 Å². The van der Waals surface area contributed by atoms with Gasteiger partial charge in [0.2, 0.25) is 5.13 Å². The summed E-state index contributed by atoms with van der Waals surface area (Å²) < 4.78 is 4.42. The third-order valence-electron chi connectivity index (χ3n) is 3.36. The molecule has 1 unspecified atom stereocenters. The van der Waals surface area contributed by atoms with Gasteiger partial charge in [0.15, 0.2) is 0 Å². The van der Waals surface area contributed by atoms with Crippen LogP contribution in [0, 0.1) is 5.41 Å². The Morgan fingerprint density at radius 3 is 3.06 bits per heavy atom. The fourth-order valence-corrected chi connectivity index (χ4v) is 3.19. The number of aryl methyl sites for hydroxylation is 1. The Hall–Kier alpha value is -0.680. The Labute approximate surface area is 108 Å². The smallest absolute Gasteiger partial charge is 0.205 e. The molecule has 2 heterocycles. The van der Waals surface area contributed by atoms with E-state index in [9.17, 15) is 0 Å². The summed E-state index contributed by atoms with van der Waals surface area (Å²) in [4.78, 5) is 7.00. The zero-order valence-corrected chi connectivity index (χ0v) is 11.8. The maximum atomic E-state index is 4.62. The zero-order chi connectivity index (χ0) is 12.3. The van der Waals surface area contributed by atoms with Gasteiger partial charge in [-0.15, -0.1) is 0 Å². The minimum atomic E-state index is 0.380. The highest BCUT2D eigenvalue weighted by molar-refractivity contribution is 7.09. The lowest BCUT2D eigenvalue weighted by atomic mass is 9.90. The highest BCUT2D eigenvalue weighted by Crippen LogP contribution is 2.33. The molecule has 1 atom stereocenters. The molecule has 5 heteroatoms. The molecule has 0 amide bonds. The van der Waals surface area contributed by atoms with Crippen LogP contribution in [0.4, 0.5) is 5.13 Å². The van der Waals surface area contributed by atoms with Crippen molar-refractivity contribution in [2.75, 3.05) is 31.6 Å². The van der Waals surface area contributed by atoms with E-state index in [1.54, 1.807) is 11.5 Å². The first kappa shape index (κ1) is 12.8. The Morgan fingerprint density at radius 1 is 1.53 bits per heavy atom. The van der Waals surface area contributed by atoms with Crippen molar-refractivity contribution in [3.05, 3.63) is 5.82 Å². The predicted octanol–water partition coefficient (Wildman–Crippen LogP) is 1.93. The highest BCUT2D eigenvalue weighted by atomic mass is 32.1. The first-order chi connectivity index (χ1) is 8.17. The van der Waals surface area contributed by atoms with Crippen molar-refractivity contribution in [2.24, 2.45) is 5.41 Å². The molecule has 0 aliphatic carbocycles. The standard InChI is InChI=1S/C12H22N4S/c1-4-5-10-14-11(17-15-10)16-7-6-12(2,9-16)8-13-3/h13H,4-9H2,1-3H3. The van der Waals surface area contributed by atoms with Crippen LogP contribution < -0.4 is 10.2 Å². The molecule has 1 aliphatic heterocycles. The molecule has 1 aromatic rings. The number of aromatic nitrogens is 2. The lowest BCUT2D eigenvalue weighted by molar-refractivity contribution is 0.356. The SMILES string of the molecule is CCCc1nsc(N2CCC(C)(CNC)C2)n1. The molecule has 0 bridgehead atoms. The lowest BCUT2D eigenvalue weighted by Gasteiger charge is -2.23. The van der Waals surface area contributed by atoms with E-state index in [0.717, 1.165) is 43.4 Å². The van der Waals surface area contributed by atoms with E-state index in [0.29, 0.717) is 5.41 Å². The van der Waals surface area contributed by atoms with Gasteiger partial charge < -0.3 is 10.2 Å². The lowest BCUT2D eigenvalue weighted by Crippen LogP contribution is -2.33. The van der Waals surface area contributed by atoms with Gasteiger partial charge in [-0.3, -0.25) is 0 Å². The minimum Gasteiger partial charge on any atom is -0.346 e. The molecule has 1 N–H and O–H groups in total. The molecule has 0 aromatic carbocycles. The summed E-state index contributed by atoms with van der Waals surface area (Å²) in [6.07, 6.45) is 3.35. The molecule has 0 spiro atoms. The van der Waals surface area contributed by atoms with Gasteiger partial charge >= 0.3 is 0 Å². The number of hydrogen-bond donors (Lipinski definition) is 1. The largest absolute Gasteiger partial charge is 0.346 e. The second-order valence-corrected chi connectivity index (χ2v) is 5.99. The monoisotopic (exact) mass is 254 g/mol. The third kappa shape index (κ3) is 2.96. The van der Waals surface area contributed by atoms with E-state index < -0.39 is 0 Å². The second-order valence-electron chi connectivity index (χ2n) is 5.26. The molecule has 4 nitrogen and oxygen atoms in total. The molecule has 17 heavy (non-hydrogen) atoms. The summed E-state index contributed by atoms with van der Waals surface area (Å²) in [5.74, 6) is 1.01. The molecule has 1 fully saturated rings. The maximum Gasteiger partial charge on any atom is 0.205 e.